The molecule has 1 aromatic rings. The molecule has 0 amide bonds. The van der Waals surface area contributed by atoms with Gasteiger partial charge in [0, 0.05) is 18.6 Å². The molecule has 25 heavy (non-hydrogen) atoms. The number of nitrogens with zero attached hydrogens (tertiary/aromatic N) is 1. The van der Waals surface area contributed by atoms with Gasteiger partial charge >= 0.3 is 12.1 Å². The molecule has 4 bridgehead atoms. The second-order valence-electron chi connectivity index (χ2n) is 7.20. The Labute approximate surface area is 144 Å². The van der Waals surface area contributed by atoms with Gasteiger partial charge in [-0.2, -0.15) is 13.2 Å². The second-order valence-corrected chi connectivity index (χ2v) is 7.20. The van der Waals surface area contributed by atoms with Crippen LogP contribution < -0.4 is 0 Å². The summed E-state index contributed by atoms with van der Waals surface area (Å²) in [5, 5.41) is 0. The van der Waals surface area contributed by atoms with Crippen LogP contribution in [0.4, 0.5) is 13.2 Å². The van der Waals surface area contributed by atoms with Gasteiger partial charge in [0.05, 0.1) is 18.6 Å². The number of alkyl halides is 3. The van der Waals surface area contributed by atoms with Gasteiger partial charge in [0.25, 0.3) is 0 Å². The maximum atomic E-state index is 12.7. The summed E-state index contributed by atoms with van der Waals surface area (Å²) >= 11 is 0. The largest absolute Gasteiger partial charge is 0.469 e. The maximum absolute atomic E-state index is 12.7. The van der Waals surface area contributed by atoms with Crippen LogP contribution in [0.3, 0.4) is 0 Å². The average Bonchev–Trinajstić information content (AvgIpc) is 2.89. The normalized spacial score (nSPS) is 35.2. The van der Waals surface area contributed by atoms with E-state index in [9.17, 15) is 18.0 Å². The zero-order chi connectivity index (χ0) is 17.8. The van der Waals surface area contributed by atoms with Gasteiger partial charge in [-0.1, -0.05) is 23.8 Å². The van der Waals surface area contributed by atoms with Crippen molar-refractivity contribution in [2.45, 2.75) is 37.5 Å². The zero-order valence-corrected chi connectivity index (χ0v) is 13.9. The van der Waals surface area contributed by atoms with Gasteiger partial charge in [0.2, 0.25) is 0 Å². The number of ether oxygens (including phenoxy) is 1. The molecule has 3 nitrogen and oxygen atoms in total. The van der Waals surface area contributed by atoms with Gasteiger partial charge in [-0.05, 0) is 42.9 Å². The Morgan fingerprint density at radius 2 is 1.96 bits per heavy atom. The van der Waals surface area contributed by atoms with Crippen LogP contribution in [0.2, 0.25) is 0 Å². The highest BCUT2D eigenvalue weighted by Crippen LogP contribution is 2.50. The molecule has 6 heteroatoms. The molecule has 0 spiro atoms. The predicted molar refractivity (Wildman–Crippen MR) is 86.6 cm³/mol. The lowest BCUT2D eigenvalue weighted by atomic mass is 9.71. The first-order valence-electron chi connectivity index (χ1n) is 8.60. The highest BCUT2D eigenvalue weighted by Gasteiger charge is 2.55. The second kappa shape index (κ2) is 5.87. The van der Waals surface area contributed by atoms with Gasteiger partial charge in [-0.25, -0.2) is 0 Å². The highest BCUT2D eigenvalue weighted by atomic mass is 19.4. The molecule has 1 unspecified atom stereocenters. The number of carbonyl (C=O) groups is 1. The first-order chi connectivity index (χ1) is 11.9. The standard InChI is InChI=1S/C19H20F3NO2/c1-25-18(24)17-15-9-14-6-7-16(17)23(14)10-12(15)8-11-2-4-13(5-3-11)19(20,21)22/h2-5,8,14-17H,6-7,9-10H2,1H3/b12-8+/t14-,15+,16+,17-/m0/s1. The van der Waals surface area contributed by atoms with E-state index in [0.29, 0.717) is 6.04 Å². The first-order valence-corrected chi connectivity index (χ1v) is 8.60. The van der Waals surface area contributed by atoms with E-state index >= 15 is 0 Å². The quantitative estimate of drug-likeness (QED) is 0.760. The third-order valence-corrected chi connectivity index (χ3v) is 5.97. The summed E-state index contributed by atoms with van der Waals surface area (Å²) in [5.41, 5.74) is 1.23. The summed E-state index contributed by atoms with van der Waals surface area (Å²) in [7, 11) is 1.42. The number of hydrogen-bond donors (Lipinski definition) is 0. The Bertz CT molecular complexity index is 710. The molecule has 4 fully saturated rings. The molecule has 5 atom stereocenters. The number of esters is 1. The molecule has 0 radical (unpaired) electrons. The van der Waals surface area contributed by atoms with Gasteiger partial charge in [0.1, 0.15) is 0 Å². The number of benzene rings is 1. The third kappa shape index (κ3) is 2.76. The van der Waals surface area contributed by atoms with Crippen molar-refractivity contribution in [3.8, 4) is 0 Å². The topological polar surface area (TPSA) is 29.5 Å². The Morgan fingerprint density at radius 1 is 1.24 bits per heavy atom. The minimum atomic E-state index is -4.32. The SMILES string of the molecule is COC(=O)[C@H]1[C@@H]2C[C@@H]3CC[C@H]1N3C/C2=C\c1ccc(C(F)(F)F)cc1. The van der Waals surface area contributed by atoms with E-state index in [4.69, 9.17) is 4.74 Å². The summed E-state index contributed by atoms with van der Waals surface area (Å²) in [4.78, 5) is 14.7. The fraction of sp³-hybridized carbons (Fsp3) is 0.526. The lowest BCUT2D eigenvalue weighted by Gasteiger charge is -2.50. The number of rotatable bonds is 2. The van der Waals surface area contributed by atoms with E-state index in [1.807, 2.05) is 6.08 Å². The Hall–Kier alpha value is -1.82. The van der Waals surface area contributed by atoms with E-state index in [1.54, 1.807) is 0 Å². The van der Waals surface area contributed by atoms with E-state index in [0.717, 1.165) is 49.1 Å². The zero-order valence-electron chi connectivity index (χ0n) is 13.9. The van der Waals surface area contributed by atoms with E-state index in [-0.39, 0.29) is 23.8 Å². The molecule has 4 aliphatic rings. The van der Waals surface area contributed by atoms with Gasteiger partial charge in [-0.3, -0.25) is 9.69 Å². The molecule has 4 saturated heterocycles. The van der Waals surface area contributed by atoms with Crippen molar-refractivity contribution >= 4 is 12.0 Å². The Morgan fingerprint density at radius 3 is 2.60 bits per heavy atom. The smallest absolute Gasteiger partial charge is 0.416 e. The fourth-order valence-electron chi connectivity index (χ4n) is 4.86. The van der Waals surface area contributed by atoms with Crippen molar-refractivity contribution < 1.29 is 22.7 Å². The van der Waals surface area contributed by atoms with E-state index in [2.05, 4.69) is 4.90 Å². The van der Waals surface area contributed by atoms with Crippen LogP contribution in [0.1, 0.15) is 30.4 Å². The maximum Gasteiger partial charge on any atom is 0.416 e. The molecule has 4 heterocycles. The molecular formula is C19H20F3NO2. The molecule has 0 aromatic heterocycles. The monoisotopic (exact) mass is 351 g/mol. The lowest BCUT2D eigenvalue weighted by Crippen LogP contribution is -2.58. The van der Waals surface area contributed by atoms with Crippen LogP contribution in [0, 0.1) is 11.8 Å². The lowest BCUT2D eigenvalue weighted by molar-refractivity contribution is -0.153. The van der Waals surface area contributed by atoms with Crippen molar-refractivity contribution in [2.75, 3.05) is 13.7 Å². The number of carbonyl (C=O) groups excluding carboxylic acids is 1. The van der Waals surface area contributed by atoms with Crippen molar-refractivity contribution in [3.05, 3.63) is 41.0 Å². The number of fused-ring (bicyclic) bond motifs is 1. The van der Waals surface area contributed by atoms with Crippen LogP contribution in [0.25, 0.3) is 6.08 Å². The molecule has 0 aliphatic carbocycles. The van der Waals surface area contributed by atoms with Gasteiger partial charge < -0.3 is 4.74 Å². The summed E-state index contributed by atoms with van der Waals surface area (Å²) in [6, 6.07) is 5.98. The summed E-state index contributed by atoms with van der Waals surface area (Å²) < 4.78 is 43.1. The predicted octanol–water partition coefficient (Wildman–Crippen LogP) is 3.74. The van der Waals surface area contributed by atoms with Crippen LogP contribution in [0.15, 0.2) is 29.8 Å². The van der Waals surface area contributed by atoms with Crippen molar-refractivity contribution in [1.82, 2.24) is 4.90 Å². The van der Waals surface area contributed by atoms with Crippen LogP contribution in [-0.4, -0.2) is 36.6 Å². The minimum Gasteiger partial charge on any atom is -0.469 e. The van der Waals surface area contributed by atoms with Crippen LogP contribution in [0.5, 0.6) is 0 Å². The molecule has 5 rings (SSSR count). The Balaban J connectivity index is 1.63. The summed E-state index contributed by atoms with van der Waals surface area (Å²) in [5.74, 6) is -0.186. The minimum absolute atomic E-state index is 0.136. The molecule has 134 valence electrons. The molecular weight excluding hydrogens is 331 g/mol. The van der Waals surface area contributed by atoms with Crippen LogP contribution in [-0.2, 0) is 15.7 Å². The van der Waals surface area contributed by atoms with Crippen molar-refractivity contribution in [1.29, 1.82) is 0 Å². The van der Waals surface area contributed by atoms with E-state index < -0.39 is 11.7 Å². The van der Waals surface area contributed by atoms with Crippen molar-refractivity contribution in [2.24, 2.45) is 11.8 Å². The molecule has 0 N–H and O–H groups in total. The third-order valence-electron chi connectivity index (χ3n) is 5.97. The molecule has 0 saturated carbocycles. The van der Waals surface area contributed by atoms with Gasteiger partial charge in [0.15, 0.2) is 0 Å². The van der Waals surface area contributed by atoms with E-state index in [1.165, 1.54) is 19.2 Å². The molecule has 4 aliphatic heterocycles. The van der Waals surface area contributed by atoms with Crippen LogP contribution >= 0.6 is 0 Å². The summed E-state index contributed by atoms with van der Waals surface area (Å²) in [6.45, 7) is 0.800. The number of hydrogen-bond acceptors (Lipinski definition) is 3. The highest BCUT2D eigenvalue weighted by molar-refractivity contribution is 5.75. The van der Waals surface area contributed by atoms with Crippen molar-refractivity contribution in [3.63, 3.8) is 0 Å². The first kappa shape index (κ1) is 16.6. The Kier molecular flexibility index (Phi) is 3.90. The average molecular weight is 351 g/mol. The number of piperidine rings is 3. The number of methoxy groups -OCH3 is 1. The fourth-order valence-corrected chi connectivity index (χ4v) is 4.86. The molecule has 1 aromatic carbocycles. The summed E-state index contributed by atoms with van der Waals surface area (Å²) in [6.07, 6.45) is 0.696. The van der Waals surface area contributed by atoms with Gasteiger partial charge in [-0.15, -0.1) is 0 Å². The number of halogens is 3.